The van der Waals surface area contributed by atoms with Crippen LogP contribution in [0, 0.1) is 46.8 Å². The predicted octanol–water partition coefficient (Wildman–Crippen LogP) is 6.23. The second-order valence-electron chi connectivity index (χ2n) is 18.8. The molecule has 2 heterocycles. The number of fused-ring (bicyclic) bond motifs is 2. The molecule has 2 saturated heterocycles. The molecule has 15 atom stereocenters. The maximum absolute atomic E-state index is 12.8. The number of rotatable bonds is 12. The third-order valence-corrected chi connectivity index (χ3v) is 13.8. The molecule has 59 heavy (non-hydrogen) atoms. The molecule has 0 unspecified atom stereocenters. The average molecular weight is 827 g/mol. The van der Waals surface area contributed by atoms with Gasteiger partial charge in [-0.3, -0.25) is 19.2 Å². The van der Waals surface area contributed by atoms with E-state index in [4.69, 9.17) is 18.9 Å². The second-order valence-corrected chi connectivity index (χ2v) is 18.8. The van der Waals surface area contributed by atoms with Crippen molar-refractivity contribution in [2.75, 3.05) is 0 Å². The molecule has 0 aromatic rings. The zero-order chi connectivity index (χ0) is 43.2. The number of allylic oxidation sites excluding steroid dienone is 4. The van der Waals surface area contributed by atoms with Crippen LogP contribution in [0.15, 0.2) is 47.6 Å². The van der Waals surface area contributed by atoms with Gasteiger partial charge in [0.1, 0.15) is 24.4 Å². The topological polar surface area (TPSA) is 186 Å². The van der Waals surface area contributed by atoms with Gasteiger partial charge in [0, 0.05) is 37.5 Å². The first-order valence-electron chi connectivity index (χ1n) is 22.2. The van der Waals surface area contributed by atoms with E-state index in [2.05, 4.69) is 26.0 Å². The van der Waals surface area contributed by atoms with E-state index in [1.807, 2.05) is 58.9 Å². The predicted molar refractivity (Wildman–Crippen MR) is 220 cm³/mol. The van der Waals surface area contributed by atoms with E-state index in [1.54, 1.807) is 0 Å². The number of ether oxygens (including phenoxy) is 4. The lowest BCUT2D eigenvalue weighted by molar-refractivity contribution is -0.166. The SMILES string of the molecule is CCC(C)(C)C(=O)O[C@H]1C[C@@H](O)C=C2C=C[C@H](C)[C@H](CC[C@@H]3C[C@@H](O)CC(=O)O3)[C@H]21.CC[C@H](C)C(=O)O[C@H]1C[C@@H](O)C=C2C=C[C@H](C)[C@H](CC[C@@H]3C[C@@H](O)CC(=O)O3)[C@H]21. The summed E-state index contributed by atoms with van der Waals surface area (Å²) in [5.41, 5.74) is 1.48. The summed E-state index contributed by atoms with van der Waals surface area (Å²) in [5, 5.41) is 40.4. The lowest BCUT2D eigenvalue weighted by Crippen LogP contribution is -2.44. The van der Waals surface area contributed by atoms with E-state index in [1.165, 1.54) is 0 Å². The summed E-state index contributed by atoms with van der Waals surface area (Å²) < 4.78 is 22.7. The molecule has 12 heteroatoms. The maximum atomic E-state index is 12.8. The van der Waals surface area contributed by atoms with Gasteiger partial charge in [-0.05, 0) is 87.2 Å². The Balaban J connectivity index is 0.000000224. The first-order valence-corrected chi connectivity index (χ1v) is 22.2. The van der Waals surface area contributed by atoms with Crippen LogP contribution in [-0.2, 0) is 38.1 Å². The number of esters is 4. The van der Waals surface area contributed by atoms with Gasteiger partial charge in [0.25, 0.3) is 0 Å². The fourth-order valence-corrected chi connectivity index (χ4v) is 9.68. The van der Waals surface area contributed by atoms with Crippen molar-refractivity contribution in [1.29, 1.82) is 0 Å². The molecule has 0 saturated carbocycles. The monoisotopic (exact) mass is 826 g/mol. The zero-order valence-corrected chi connectivity index (χ0v) is 36.2. The van der Waals surface area contributed by atoms with Gasteiger partial charge in [0.15, 0.2) is 0 Å². The Morgan fingerprint density at radius 1 is 0.729 bits per heavy atom. The molecule has 0 aromatic carbocycles. The Bertz CT molecular complexity index is 1610. The van der Waals surface area contributed by atoms with Crippen molar-refractivity contribution >= 4 is 23.9 Å². The Morgan fingerprint density at radius 2 is 1.17 bits per heavy atom. The summed E-state index contributed by atoms with van der Waals surface area (Å²) in [6.45, 7) is 13.9. The maximum Gasteiger partial charge on any atom is 0.311 e. The van der Waals surface area contributed by atoms with Crippen LogP contribution in [0.2, 0.25) is 0 Å². The van der Waals surface area contributed by atoms with Crippen molar-refractivity contribution in [3.63, 3.8) is 0 Å². The van der Waals surface area contributed by atoms with Gasteiger partial charge in [-0.15, -0.1) is 0 Å². The van der Waals surface area contributed by atoms with Crippen molar-refractivity contribution < 1.29 is 58.6 Å². The van der Waals surface area contributed by atoms with Gasteiger partial charge in [0.2, 0.25) is 0 Å². The van der Waals surface area contributed by atoms with Crippen LogP contribution < -0.4 is 0 Å². The summed E-state index contributed by atoms with van der Waals surface area (Å²) in [6.07, 6.45) is 14.5. The fourth-order valence-electron chi connectivity index (χ4n) is 9.68. The zero-order valence-electron chi connectivity index (χ0n) is 36.2. The highest BCUT2D eigenvalue weighted by Crippen LogP contribution is 2.46. The summed E-state index contributed by atoms with van der Waals surface area (Å²) in [4.78, 5) is 48.6. The van der Waals surface area contributed by atoms with Gasteiger partial charge in [-0.25, -0.2) is 0 Å². The number of hydrogen-bond acceptors (Lipinski definition) is 12. The van der Waals surface area contributed by atoms with Crippen molar-refractivity contribution in [3.05, 3.63) is 47.6 Å². The first kappa shape index (κ1) is 46.7. The smallest absolute Gasteiger partial charge is 0.311 e. The highest BCUT2D eigenvalue weighted by Gasteiger charge is 2.45. The van der Waals surface area contributed by atoms with Gasteiger partial charge in [-0.2, -0.15) is 0 Å². The standard InChI is InChI=1S/C24H36O6.C23H34O6/c1-5-24(3,4)23(28)30-20-12-16(25)10-15-7-6-14(2)19(22(15)20)9-8-18-11-17(26)13-21(27)29-18;1-4-13(2)23(27)29-20-11-16(24)9-15-6-5-14(3)19(22(15)20)8-7-18-10-17(25)12-21(26)28-18/h6-7,10,14,16-20,22,25-26H,5,8-9,11-13H2,1-4H3;5-6,9,13-14,16-20,22,24-25H,4,7-8,10-12H2,1-3H3/t14-,16-,17+,18+,19-,20-,22-;13-,14-,16-,17+,18+,19-,20-,22-/m00/s1. The van der Waals surface area contributed by atoms with Crippen LogP contribution in [0.25, 0.3) is 0 Å². The molecular weight excluding hydrogens is 757 g/mol. The van der Waals surface area contributed by atoms with E-state index >= 15 is 0 Å². The summed E-state index contributed by atoms with van der Waals surface area (Å²) in [6, 6.07) is 0. The molecule has 6 aliphatic rings. The van der Waals surface area contributed by atoms with Crippen LogP contribution >= 0.6 is 0 Å². The Morgan fingerprint density at radius 3 is 1.58 bits per heavy atom. The van der Waals surface area contributed by atoms with E-state index in [0.717, 1.165) is 30.4 Å². The molecule has 0 spiro atoms. The molecule has 2 aliphatic heterocycles. The van der Waals surface area contributed by atoms with E-state index in [-0.39, 0.29) is 103 Å². The first-order chi connectivity index (χ1) is 27.9. The minimum atomic E-state index is -0.634. The summed E-state index contributed by atoms with van der Waals surface area (Å²) >= 11 is 0. The number of aliphatic hydroxyl groups is 4. The third-order valence-electron chi connectivity index (χ3n) is 13.8. The Hall–Kier alpha value is -3.32. The number of carbonyl (C=O) groups is 4. The quantitative estimate of drug-likeness (QED) is 0.129. The third kappa shape index (κ3) is 12.2. The fraction of sp³-hybridized carbons (Fsp3) is 0.745. The molecule has 6 rings (SSSR count). The van der Waals surface area contributed by atoms with E-state index in [9.17, 15) is 39.6 Å². The lowest BCUT2D eigenvalue weighted by atomic mass is 9.66. The van der Waals surface area contributed by atoms with Gasteiger partial charge < -0.3 is 39.4 Å². The van der Waals surface area contributed by atoms with Crippen molar-refractivity contribution in [1.82, 2.24) is 0 Å². The van der Waals surface area contributed by atoms with Gasteiger partial charge in [-0.1, -0.05) is 71.1 Å². The normalized spacial score (nSPS) is 37.2. The molecule has 12 nitrogen and oxygen atoms in total. The van der Waals surface area contributed by atoms with Crippen molar-refractivity contribution in [2.45, 2.75) is 174 Å². The molecule has 0 amide bonds. The van der Waals surface area contributed by atoms with Crippen LogP contribution in [0.3, 0.4) is 0 Å². The molecule has 0 aromatic heterocycles. The number of carbonyl (C=O) groups excluding carboxylic acids is 4. The Kier molecular flexibility index (Phi) is 16.2. The minimum absolute atomic E-state index is 0.00854. The van der Waals surface area contributed by atoms with Crippen molar-refractivity contribution in [3.8, 4) is 0 Å². The van der Waals surface area contributed by atoms with Crippen molar-refractivity contribution in [2.24, 2.45) is 46.8 Å². The summed E-state index contributed by atoms with van der Waals surface area (Å²) in [7, 11) is 0. The summed E-state index contributed by atoms with van der Waals surface area (Å²) in [5.74, 6) is -0.291. The van der Waals surface area contributed by atoms with E-state index < -0.39 is 29.8 Å². The van der Waals surface area contributed by atoms with E-state index in [0.29, 0.717) is 44.9 Å². The molecule has 330 valence electrons. The average Bonchev–Trinajstić information content (AvgIpc) is 3.16. The molecule has 4 N–H and O–H groups in total. The van der Waals surface area contributed by atoms with Crippen LogP contribution in [0.4, 0.5) is 0 Å². The number of hydrogen-bond donors (Lipinski definition) is 4. The molecule has 4 aliphatic carbocycles. The Labute approximate surface area is 350 Å². The lowest BCUT2D eigenvalue weighted by Gasteiger charge is -2.43. The van der Waals surface area contributed by atoms with Gasteiger partial charge in [0.05, 0.1) is 48.6 Å². The second kappa shape index (κ2) is 20.5. The molecule has 0 bridgehead atoms. The molecule has 2 fully saturated rings. The van der Waals surface area contributed by atoms with Gasteiger partial charge >= 0.3 is 23.9 Å². The highest BCUT2D eigenvalue weighted by molar-refractivity contribution is 5.76. The highest BCUT2D eigenvalue weighted by atomic mass is 16.6. The molecular formula is C47H70O12. The molecule has 0 radical (unpaired) electrons. The number of cyclic esters (lactones) is 2. The van der Waals surface area contributed by atoms with Crippen LogP contribution in [0.5, 0.6) is 0 Å². The number of aliphatic hydroxyl groups excluding tert-OH is 4. The van der Waals surface area contributed by atoms with Crippen LogP contribution in [-0.4, -0.2) is 93.1 Å². The minimum Gasteiger partial charge on any atom is -0.462 e. The van der Waals surface area contributed by atoms with Crippen LogP contribution in [0.1, 0.15) is 126 Å². The largest absolute Gasteiger partial charge is 0.462 e.